The minimum atomic E-state index is -0.834. The van der Waals surface area contributed by atoms with Gasteiger partial charge in [0.2, 0.25) is 0 Å². The van der Waals surface area contributed by atoms with Gasteiger partial charge in [-0.25, -0.2) is 0 Å². The molecule has 0 saturated carbocycles. The quantitative estimate of drug-likeness (QED) is 0.0261. The van der Waals surface area contributed by atoms with Crippen molar-refractivity contribution in [2.75, 3.05) is 13.2 Å². The molecule has 0 N–H and O–H groups in total. The number of rotatable bonds is 51. The van der Waals surface area contributed by atoms with Crippen molar-refractivity contribution in [3.63, 3.8) is 0 Å². The molecule has 0 rings (SSSR count). The number of carbonyl (C=O) groups is 3. The molecule has 0 unspecified atom stereocenters. The van der Waals surface area contributed by atoms with E-state index in [0.29, 0.717) is 19.3 Å². The van der Waals surface area contributed by atoms with E-state index in [4.69, 9.17) is 14.2 Å². The minimum absolute atomic E-state index is 0.128. The zero-order valence-corrected chi connectivity index (χ0v) is 47.7. The third kappa shape index (κ3) is 59.5. The number of hydrogen-bond acceptors (Lipinski definition) is 6. The minimum Gasteiger partial charge on any atom is -0.462 e. The molecule has 418 valence electrons. The van der Waals surface area contributed by atoms with Crippen LogP contribution in [0.25, 0.3) is 0 Å². The maximum absolute atomic E-state index is 12.9. The monoisotopic (exact) mass is 1030 g/mol. The molecule has 0 atom stereocenters. The summed E-state index contributed by atoms with van der Waals surface area (Å²) in [5.41, 5.74) is 0. The number of allylic oxidation sites excluding steroid dienone is 28. The second-order valence-electron chi connectivity index (χ2n) is 18.8. The third-order valence-corrected chi connectivity index (χ3v) is 11.7. The van der Waals surface area contributed by atoms with Crippen molar-refractivity contribution in [2.45, 2.75) is 232 Å². The van der Waals surface area contributed by atoms with Gasteiger partial charge in [-0.2, -0.15) is 0 Å². The van der Waals surface area contributed by atoms with E-state index in [0.717, 1.165) is 154 Å². The Morgan fingerprint density at radius 2 is 0.520 bits per heavy atom. The Morgan fingerprint density at radius 3 is 0.787 bits per heavy atom. The maximum atomic E-state index is 12.9. The molecule has 0 radical (unpaired) electrons. The van der Waals surface area contributed by atoms with E-state index in [1.54, 1.807) is 0 Å². The fourth-order valence-electron chi connectivity index (χ4n) is 7.30. The molecule has 0 spiro atoms. The molecule has 0 heterocycles. The maximum Gasteiger partial charge on any atom is 0.306 e. The lowest BCUT2D eigenvalue weighted by Crippen LogP contribution is -2.30. The predicted octanol–water partition coefficient (Wildman–Crippen LogP) is 20.3. The summed E-state index contributed by atoms with van der Waals surface area (Å²) in [4.78, 5) is 38.2. The average molecular weight is 1030 g/mol. The van der Waals surface area contributed by atoms with Gasteiger partial charge in [-0.3, -0.25) is 14.4 Å². The van der Waals surface area contributed by atoms with Gasteiger partial charge >= 0.3 is 17.9 Å². The van der Waals surface area contributed by atoms with Gasteiger partial charge < -0.3 is 14.2 Å². The van der Waals surface area contributed by atoms with Crippen LogP contribution in [0.4, 0.5) is 0 Å². The normalized spacial score (nSPS) is 13.0. The van der Waals surface area contributed by atoms with Crippen molar-refractivity contribution in [3.8, 4) is 0 Å². The summed E-state index contributed by atoms with van der Waals surface area (Å²) in [6.45, 7) is 6.28. The first-order valence-corrected chi connectivity index (χ1v) is 29.6. The van der Waals surface area contributed by atoms with Crippen molar-refractivity contribution in [1.82, 2.24) is 0 Å². The summed E-state index contributed by atoms with van der Waals surface area (Å²) in [5.74, 6) is -1.03. The molecule has 0 bridgehead atoms. The van der Waals surface area contributed by atoms with Crippen molar-refractivity contribution >= 4 is 17.9 Å². The van der Waals surface area contributed by atoms with Crippen LogP contribution in [0.2, 0.25) is 0 Å². The van der Waals surface area contributed by atoms with E-state index >= 15 is 0 Å². The van der Waals surface area contributed by atoms with Crippen molar-refractivity contribution < 1.29 is 28.6 Å². The third-order valence-electron chi connectivity index (χ3n) is 11.7. The van der Waals surface area contributed by atoms with E-state index in [2.05, 4.69) is 191 Å². The fourth-order valence-corrected chi connectivity index (χ4v) is 7.30. The summed E-state index contributed by atoms with van der Waals surface area (Å²) in [7, 11) is 0. The Kier molecular flexibility index (Phi) is 57.0. The van der Waals surface area contributed by atoms with Crippen LogP contribution in [-0.4, -0.2) is 37.2 Å². The molecule has 6 heteroatoms. The standard InChI is InChI=1S/C69H106O6/c1-4-7-10-13-16-19-22-25-28-31-34-37-40-43-46-49-52-55-58-61-67(70)73-64-66(75-69(72)63-60-57-54-51-48-45-42-39-36-33-30-27-24-21-18-15-12-9-6-3)65-74-68(71)62-59-56-53-50-47-44-41-38-35-32-29-26-23-20-17-14-11-8-5-2/h7-8,10-11,16-21,25-30,34-39,43-48,66H,4-6,9,12-15,22-24,31-33,40-42,49-65H2,1-3H3/b10-7-,11-8-,19-16-,20-17-,21-18-,28-25-,29-26-,30-27-,37-34-,38-35-,39-36-,46-43-,47-44-,48-45-. The zero-order chi connectivity index (χ0) is 54.3. The van der Waals surface area contributed by atoms with Crippen LogP contribution in [0.1, 0.15) is 226 Å². The topological polar surface area (TPSA) is 78.9 Å². The summed E-state index contributed by atoms with van der Waals surface area (Å²) in [6.07, 6.45) is 90.5. The lowest BCUT2D eigenvalue weighted by molar-refractivity contribution is -0.167. The van der Waals surface area contributed by atoms with Crippen LogP contribution >= 0.6 is 0 Å². The summed E-state index contributed by atoms with van der Waals surface area (Å²) < 4.78 is 16.8. The first-order valence-electron chi connectivity index (χ1n) is 29.6. The number of hydrogen-bond donors (Lipinski definition) is 0. The molecule has 75 heavy (non-hydrogen) atoms. The molecule has 0 aromatic heterocycles. The lowest BCUT2D eigenvalue weighted by atomic mass is 10.1. The SMILES string of the molecule is CC/C=C\C/C=C\C/C=C\C/C=C\C/C=C\CCCCCC(=O)OCC(COC(=O)CCCCC/C=C\C/C=C\C/C=C\C/C=C\C/C=C\CC)OC(=O)CCCCC/C=C\C/C=C\C/C=C\C/C=C\CCCCC. The van der Waals surface area contributed by atoms with E-state index in [-0.39, 0.29) is 37.5 Å². The molecule has 0 saturated heterocycles. The van der Waals surface area contributed by atoms with Crippen LogP contribution in [0.15, 0.2) is 170 Å². The largest absolute Gasteiger partial charge is 0.462 e. The second-order valence-corrected chi connectivity index (χ2v) is 18.8. The number of ether oxygens (including phenoxy) is 3. The highest BCUT2D eigenvalue weighted by Crippen LogP contribution is 2.11. The van der Waals surface area contributed by atoms with Gasteiger partial charge in [-0.1, -0.05) is 223 Å². The van der Waals surface area contributed by atoms with Gasteiger partial charge in [0, 0.05) is 19.3 Å². The molecule has 0 aliphatic rings. The van der Waals surface area contributed by atoms with Crippen LogP contribution in [0, 0.1) is 0 Å². The molecule has 0 fully saturated rings. The second kappa shape index (κ2) is 61.3. The zero-order valence-electron chi connectivity index (χ0n) is 47.7. The first kappa shape index (κ1) is 69.8. The van der Waals surface area contributed by atoms with Crippen LogP contribution in [-0.2, 0) is 28.6 Å². The van der Waals surface area contributed by atoms with E-state index < -0.39 is 6.10 Å². The Bertz CT molecular complexity index is 1670. The van der Waals surface area contributed by atoms with Gasteiger partial charge in [-0.15, -0.1) is 0 Å². The summed E-state index contributed by atoms with van der Waals surface area (Å²) >= 11 is 0. The van der Waals surface area contributed by atoms with Crippen molar-refractivity contribution in [3.05, 3.63) is 170 Å². The molecule has 0 aliphatic carbocycles. The van der Waals surface area contributed by atoms with E-state index in [9.17, 15) is 14.4 Å². The number of esters is 3. The van der Waals surface area contributed by atoms with Crippen LogP contribution < -0.4 is 0 Å². The highest BCUT2D eigenvalue weighted by atomic mass is 16.6. The molecule has 0 amide bonds. The smallest absolute Gasteiger partial charge is 0.306 e. The van der Waals surface area contributed by atoms with Crippen LogP contribution in [0.3, 0.4) is 0 Å². The predicted molar refractivity (Wildman–Crippen MR) is 325 cm³/mol. The van der Waals surface area contributed by atoms with Crippen molar-refractivity contribution in [1.29, 1.82) is 0 Å². The number of unbranched alkanes of at least 4 members (excludes halogenated alkanes) is 12. The van der Waals surface area contributed by atoms with Gasteiger partial charge in [0.15, 0.2) is 6.10 Å². The highest BCUT2D eigenvalue weighted by molar-refractivity contribution is 5.71. The molecular formula is C69H106O6. The van der Waals surface area contributed by atoms with Crippen LogP contribution in [0.5, 0.6) is 0 Å². The molecule has 0 aromatic carbocycles. The first-order chi connectivity index (χ1) is 37.0. The van der Waals surface area contributed by atoms with Gasteiger partial charge in [0.25, 0.3) is 0 Å². The Hall–Kier alpha value is -5.23. The lowest BCUT2D eigenvalue weighted by Gasteiger charge is -2.18. The van der Waals surface area contributed by atoms with E-state index in [1.807, 2.05) is 0 Å². The molecule has 0 aromatic rings. The molecule has 6 nitrogen and oxygen atoms in total. The Balaban J connectivity index is 4.62. The van der Waals surface area contributed by atoms with Crippen molar-refractivity contribution in [2.24, 2.45) is 0 Å². The molecular weight excluding hydrogens is 925 g/mol. The average Bonchev–Trinajstić information content (AvgIpc) is 3.41. The summed E-state index contributed by atoms with van der Waals surface area (Å²) in [5, 5.41) is 0. The van der Waals surface area contributed by atoms with Gasteiger partial charge in [0.05, 0.1) is 0 Å². The fraction of sp³-hybridized carbons (Fsp3) is 0.551. The molecule has 0 aliphatic heterocycles. The Labute approximate surface area is 460 Å². The highest BCUT2D eigenvalue weighted by Gasteiger charge is 2.19. The number of carbonyl (C=O) groups excluding carboxylic acids is 3. The van der Waals surface area contributed by atoms with Gasteiger partial charge in [0.1, 0.15) is 13.2 Å². The van der Waals surface area contributed by atoms with Gasteiger partial charge in [-0.05, 0) is 154 Å². The van der Waals surface area contributed by atoms with E-state index in [1.165, 1.54) is 25.7 Å². The summed E-state index contributed by atoms with van der Waals surface area (Å²) in [6, 6.07) is 0. The Morgan fingerprint density at radius 1 is 0.280 bits per heavy atom.